The fourth-order valence-corrected chi connectivity index (χ4v) is 1.68. The molecule has 0 radical (unpaired) electrons. The van der Waals surface area contributed by atoms with E-state index in [1.54, 1.807) is 10.6 Å². The van der Waals surface area contributed by atoms with E-state index in [-0.39, 0.29) is 6.54 Å². The summed E-state index contributed by atoms with van der Waals surface area (Å²) in [6, 6.07) is 1.72. The average molecular weight is 220 g/mol. The molecule has 0 saturated carbocycles. The Morgan fingerprint density at radius 2 is 2.38 bits per heavy atom. The Morgan fingerprint density at radius 3 is 3.00 bits per heavy atom. The van der Waals surface area contributed by atoms with Gasteiger partial charge in [0, 0.05) is 12.2 Å². The molecule has 6 heteroatoms. The van der Waals surface area contributed by atoms with Gasteiger partial charge < -0.3 is 10.5 Å². The number of hydrogen-bond acceptors (Lipinski definition) is 5. The molecule has 0 fully saturated rings. The lowest BCUT2D eigenvalue weighted by atomic mass is 10.2. The molecule has 0 aliphatic rings. The predicted octanol–water partition coefficient (Wildman–Crippen LogP) is 0.283. The van der Waals surface area contributed by atoms with Crippen LogP contribution in [0.4, 0.5) is 0 Å². The van der Waals surface area contributed by atoms with Crippen molar-refractivity contribution in [2.75, 3.05) is 7.11 Å². The first kappa shape index (κ1) is 10.6. The Bertz CT molecular complexity index is 547. The zero-order valence-corrected chi connectivity index (χ0v) is 9.10. The van der Waals surface area contributed by atoms with Gasteiger partial charge in [0.15, 0.2) is 0 Å². The normalized spacial score (nSPS) is 10.7. The van der Waals surface area contributed by atoms with Gasteiger partial charge in [0.2, 0.25) is 0 Å². The van der Waals surface area contributed by atoms with E-state index in [0.717, 1.165) is 5.69 Å². The van der Waals surface area contributed by atoms with E-state index < -0.39 is 5.97 Å². The minimum atomic E-state index is -0.407. The Balaban J connectivity index is 2.79. The fourth-order valence-electron chi connectivity index (χ4n) is 1.68. The van der Waals surface area contributed by atoms with Gasteiger partial charge in [-0.3, -0.25) is 0 Å². The van der Waals surface area contributed by atoms with Crippen LogP contribution in [0.1, 0.15) is 21.7 Å². The Morgan fingerprint density at radius 1 is 1.62 bits per heavy atom. The summed E-state index contributed by atoms with van der Waals surface area (Å²) >= 11 is 0. The van der Waals surface area contributed by atoms with Crippen molar-refractivity contribution in [1.29, 1.82) is 0 Å². The third-order valence-electron chi connectivity index (χ3n) is 2.41. The van der Waals surface area contributed by atoms with Crippen LogP contribution < -0.4 is 5.73 Å². The van der Waals surface area contributed by atoms with Gasteiger partial charge in [0.05, 0.1) is 18.4 Å². The molecular formula is C10H12N4O2. The van der Waals surface area contributed by atoms with Crippen LogP contribution in [-0.2, 0) is 11.3 Å². The summed E-state index contributed by atoms with van der Waals surface area (Å²) in [5.74, 6) is -0.407. The molecule has 16 heavy (non-hydrogen) atoms. The van der Waals surface area contributed by atoms with Crippen molar-refractivity contribution >= 4 is 11.5 Å². The topological polar surface area (TPSA) is 82.5 Å². The highest BCUT2D eigenvalue weighted by Crippen LogP contribution is 2.18. The SMILES string of the molecule is COC(=O)c1cc(C)n2ncnc(CN)c12. The molecule has 0 amide bonds. The van der Waals surface area contributed by atoms with E-state index in [4.69, 9.17) is 10.5 Å². The second-order valence-corrected chi connectivity index (χ2v) is 3.36. The van der Waals surface area contributed by atoms with Gasteiger partial charge in [0.1, 0.15) is 11.8 Å². The van der Waals surface area contributed by atoms with Crippen molar-refractivity contribution in [2.45, 2.75) is 13.5 Å². The molecule has 84 valence electrons. The Labute approximate surface area is 92.0 Å². The largest absolute Gasteiger partial charge is 0.465 e. The van der Waals surface area contributed by atoms with Crippen molar-refractivity contribution in [1.82, 2.24) is 14.6 Å². The first-order valence-corrected chi connectivity index (χ1v) is 4.79. The third-order valence-corrected chi connectivity index (χ3v) is 2.41. The number of rotatable bonds is 2. The number of hydrogen-bond donors (Lipinski definition) is 1. The molecule has 0 aromatic carbocycles. The second-order valence-electron chi connectivity index (χ2n) is 3.36. The van der Waals surface area contributed by atoms with Crippen LogP contribution in [0.25, 0.3) is 5.52 Å². The monoisotopic (exact) mass is 220 g/mol. The third kappa shape index (κ3) is 1.43. The van der Waals surface area contributed by atoms with Gasteiger partial charge in [-0.2, -0.15) is 5.10 Å². The van der Waals surface area contributed by atoms with Crippen LogP contribution in [0.3, 0.4) is 0 Å². The van der Waals surface area contributed by atoms with Gasteiger partial charge in [-0.25, -0.2) is 14.3 Å². The van der Waals surface area contributed by atoms with Gasteiger partial charge in [0.25, 0.3) is 0 Å². The number of carbonyl (C=O) groups is 1. The number of carbonyl (C=O) groups excluding carboxylic acids is 1. The lowest BCUT2D eigenvalue weighted by Gasteiger charge is -2.02. The van der Waals surface area contributed by atoms with Gasteiger partial charge in [-0.15, -0.1) is 0 Å². The second kappa shape index (κ2) is 3.90. The molecule has 0 bridgehead atoms. The van der Waals surface area contributed by atoms with Gasteiger partial charge in [-0.05, 0) is 13.0 Å². The Kier molecular flexibility index (Phi) is 2.57. The van der Waals surface area contributed by atoms with Crippen LogP contribution >= 0.6 is 0 Å². The van der Waals surface area contributed by atoms with Gasteiger partial charge in [-0.1, -0.05) is 0 Å². The van der Waals surface area contributed by atoms with Crippen molar-refractivity contribution in [3.63, 3.8) is 0 Å². The first-order valence-electron chi connectivity index (χ1n) is 4.79. The summed E-state index contributed by atoms with van der Waals surface area (Å²) in [7, 11) is 1.34. The van der Waals surface area contributed by atoms with E-state index >= 15 is 0 Å². The molecule has 0 saturated heterocycles. The zero-order valence-electron chi connectivity index (χ0n) is 9.10. The number of nitrogens with two attached hydrogens (primary N) is 1. The maximum absolute atomic E-state index is 11.6. The number of aryl methyl sites for hydroxylation is 1. The van der Waals surface area contributed by atoms with E-state index in [1.807, 2.05) is 6.92 Å². The number of aromatic nitrogens is 3. The number of esters is 1. The highest BCUT2D eigenvalue weighted by molar-refractivity contribution is 5.98. The number of ether oxygens (including phenoxy) is 1. The molecule has 0 spiro atoms. The first-order chi connectivity index (χ1) is 7.69. The minimum absolute atomic E-state index is 0.249. The quantitative estimate of drug-likeness (QED) is 0.735. The van der Waals surface area contributed by atoms with Crippen LogP contribution in [-0.4, -0.2) is 27.7 Å². The summed E-state index contributed by atoms with van der Waals surface area (Å²) in [5, 5.41) is 4.07. The standard InChI is InChI=1S/C10H12N4O2/c1-6-3-7(10(15)16-2)9-8(4-11)12-5-13-14(6)9/h3,5H,4,11H2,1-2H3. The maximum Gasteiger partial charge on any atom is 0.340 e. The summed E-state index contributed by atoms with van der Waals surface area (Å²) in [6.07, 6.45) is 1.42. The van der Waals surface area contributed by atoms with Crippen molar-refractivity contribution in [2.24, 2.45) is 5.73 Å². The summed E-state index contributed by atoms with van der Waals surface area (Å²) in [4.78, 5) is 15.6. The highest BCUT2D eigenvalue weighted by Gasteiger charge is 2.17. The number of fused-ring (bicyclic) bond motifs is 1. The van der Waals surface area contributed by atoms with Gasteiger partial charge >= 0.3 is 5.97 Å². The Hall–Kier alpha value is -1.95. The molecule has 2 aromatic rings. The van der Waals surface area contributed by atoms with Crippen LogP contribution in [0.5, 0.6) is 0 Å². The smallest absolute Gasteiger partial charge is 0.340 e. The van der Waals surface area contributed by atoms with E-state index in [0.29, 0.717) is 16.8 Å². The van der Waals surface area contributed by atoms with Crippen LogP contribution in [0.15, 0.2) is 12.4 Å². The highest BCUT2D eigenvalue weighted by atomic mass is 16.5. The van der Waals surface area contributed by atoms with E-state index in [2.05, 4.69) is 10.1 Å². The van der Waals surface area contributed by atoms with Crippen molar-refractivity contribution in [3.05, 3.63) is 29.3 Å². The number of nitrogens with zero attached hydrogens (tertiary/aromatic N) is 3. The summed E-state index contributed by atoms with van der Waals surface area (Å²) in [6.45, 7) is 2.10. The van der Waals surface area contributed by atoms with E-state index in [1.165, 1.54) is 13.4 Å². The molecule has 2 rings (SSSR count). The van der Waals surface area contributed by atoms with Crippen LogP contribution in [0.2, 0.25) is 0 Å². The lowest BCUT2D eigenvalue weighted by molar-refractivity contribution is 0.0603. The molecular weight excluding hydrogens is 208 g/mol. The molecule has 2 aromatic heterocycles. The molecule has 0 unspecified atom stereocenters. The fraction of sp³-hybridized carbons (Fsp3) is 0.300. The molecule has 2 N–H and O–H groups in total. The van der Waals surface area contributed by atoms with E-state index in [9.17, 15) is 4.79 Å². The molecule has 2 heterocycles. The molecule has 0 atom stereocenters. The molecule has 6 nitrogen and oxygen atoms in total. The zero-order chi connectivity index (χ0) is 11.7. The summed E-state index contributed by atoms with van der Waals surface area (Å²) in [5.41, 5.74) is 8.11. The summed E-state index contributed by atoms with van der Waals surface area (Å²) < 4.78 is 6.35. The number of methoxy groups -OCH3 is 1. The molecule has 0 aliphatic heterocycles. The minimum Gasteiger partial charge on any atom is -0.465 e. The maximum atomic E-state index is 11.6. The van der Waals surface area contributed by atoms with Crippen LogP contribution in [0, 0.1) is 6.92 Å². The average Bonchev–Trinajstić information content (AvgIpc) is 2.66. The van der Waals surface area contributed by atoms with Crippen molar-refractivity contribution < 1.29 is 9.53 Å². The molecule has 0 aliphatic carbocycles. The lowest BCUT2D eigenvalue weighted by Crippen LogP contribution is -2.08. The van der Waals surface area contributed by atoms with Crippen molar-refractivity contribution in [3.8, 4) is 0 Å². The predicted molar refractivity (Wildman–Crippen MR) is 57.0 cm³/mol.